The van der Waals surface area contributed by atoms with Crippen molar-refractivity contribution >= 4 is 11.6 Å². The molecule has 0 aromatic heterocycles. The minimum Gasteiger partial charge on any atom is -0.383 e. The third-order valence-corrected chi connectivity index (χ3v) is 3.54. The lowest BCUT2D eigenvalue weighted by Crippen LogP contribution is -2.52. The molecule has 1 fully saturated rings. The second kappa shape index (κ2) is 7.26. The Hall–Kier alpha value is -1.59. The number of hydrogen-bond donors (Lipinski definition) is 2. The average molecular weight is 277 g/mol. The zero-order chi connectivity index (χ0) is 14.4. The Labute approximate surface area is 120 Å². The molecule has 5 heteroatoms. The van der Waals surface area contributed by atoms with Crippen molar-refractivity contribution in [3.63, 3.8) is 0 Å². The molecular formula is C15H23N3O2. The molecule has 0 aliphatic carbocycles. The van der Waals surface area contributed by atoms with Gasteiger partial charge in [0.2, 0.25) is 5.91 Å². The van der Waals surface area contributed by atoms with Crippen LogP contribution in [0.15, 0.2) is 30.3 Å². The molecule has 1 saturated heterocycles. The Kier molecular flexibility index (Phi) is 5.38. The van der Waals surface area contributed by atoms with Crippen LogP contribution in [-0.2, 0) is 9.53 Å². The Balaban J connectivity index is 1.90. The topological polar surface area (TPSA) is 67.6 Å². The van der Waals surface area contributed by atoms with E-state index in [9.17, 15) is 4.79 Å². The van der Waals surface area contributed by atoms with Crippen molar-refractivity contribution in [2.24, 2.45) is 5.73 Å². The summed E-state index contributed by atoms with van der Waals surface area (Å²) in [7, 11) is 1.56. The zero-order valence-corrected chi connectivity index (χ0v) is 11.9. The Morgan fingerprint density at radius 1 is 1.50 bits per heavy atom. The molecule has 110 valence electrons. The highest BCUT2D eigenvalue weighted by molar-refractivity contribution is 5.82. The van der Waals surface area contributed by atoms with Crippen LogP contribution in [0.3, 0.4) is 0 Å². The van der Waals surface area contributed by atoms with Gasteiger partial charge in [-0.15, -0.1) is 0 Å². The summed E-state index contributed by atoms with van der Waals surface area (Å²) >= 11 is 0. The molecule has 0 radical (unpaired) electrons. The van der Waals surface area contributed by atoms with E-state index in [0.717, 1.165) is 25.1 Å². The molecule has 0 spiro atoms. The maximum Gasteiger partial charge on any atom is 0.241 e. The molecule has 2 atom stereocenters. The fraction of sp³-hybridized carbons (Fsp3) is 0.533. The first-order valence-corrected chi connectivity index (χ1v) is 7.05. The zero-order valence-electron chi connectivity index (χ0n) is 11.9. The van der Waals surface area contributed by atoms with E-state index in [1.807, 2.05) is 35.2 Å². The number of carbonyl (C=O) groups is 1. The van der Waals surface area contributed by atoms with Crippen molar-refractivity contribution in [3.05, 3.63) is 30.3 Å². The highest BCUT2D eigenvalue weighted by Gasteiger charge is 2.26. The molecule has 1 aromatic carbocycles. The smallest absolute Gasteiger partial charge is 0.241 e. The van der Waals surface area contributed by atoms with Crippen LogP contribution < -0.4 is 11.1 Å². The first kappa shape index (κ1) is 14.8. The van der Waals surface area contributed by atoms with Gasteiger partial charge in [-0.25, -0.2) is 0 Å². The number of nitrogens with two attached hydrogens (primary N) is 1. The van der Waals surface area contributed by atoms with E-state index in [-0.39, 0.29) is 18.6 Å². The maximum atomic E-state index is 12.2. The number of nitrogens with zero attached hydrogens (tertiary/aromatic N) is 1. The summed E-state index contributed by atoms with van der Waals surface area (Å²) in [5.41, 5.74) is 6.91. The number of amides is 1. The molecule has 1 aromatic rings. The van der Waals surface area contributed by atoms with Crippen LogP contribution in [0, 0.1) is 0 Å². The van der Waals surface area contributed by atoms with Crippen LogP contribution in [0.1, 0.15) is 12.8 Å². The van der Waals surface area contributed by atoms with Crippen molar-refractivity contribution in [3.8, 4) is 0 Å². The minimum atomic E-state index is -0.560. The number of hydrogen-bond acceptors (Lipinski definition) is 4. The monoisotopic (exact) mass is 277 g/mol. The lowest BCUT2D eigenvalue weighted by molar-refractivity contribution is -0.134. The molecule has 2 rings (SSSR count). The number of benzene rings is 1. The Morgan fingerprint density at radius 2 is 2.25 bits per heavy atom. The van der Waals surface area contributed by atoms with E-state index in [4.69, 9.17) is 10.5 Å². The molecule has 1 aliphatic rings. The number of piperidine rings is 1. The predicted octanol–water partition coefficient (Wildman–Crippen LogP) is 1.06. The molecule has 5 nitrogen and oxygen atoms in total. The predicted molar refractivity (Wildman–Crippen MR) is 79.5 cm³/mol. The number of anilines is 1. The van der Waals surface area contributed by atoms with Crippen LogP contribution in [0.25, 0.3) is 0 Å². The lowest BCUT2D eigenvalue weighted by Gasteiger charge is -2.35. The van der Waals surface area contributed by atoms with E-state index >= 15 is 0 Å². The van der Waals surface area contributed by atoms with Crippen molar-refractivity contribution in [1.29, 1.82) is 0 Å². The van der Waals surface area contributed by atoms with E-state index in [0.29, 0.717) is 6.54 Å². The van der Waals surface area contributed by atoms with E-state index in [1.54, 1.807) is 7.11 Å². The van der Waals surface area contributed by atoms with E-state index in [1.165, 1.54) is 0 Å². The molecule has 1 heterocycles. The average Bonchev–Trinajstić information content (AvgIpc) is 2.48. The van der Waals surface area contributed by atoms with Gasteiger partial charge in [-0.1, -0.05) is 18.2 Å². The maximum absolute atomic E-state index is 12.2. The number of rotatable bonds is 5. The third-order valence-electron chi connectivity index (χ3n) is 3.54. The van der Waals surface area contributed by atoms with E-state index in [2.05, 4.69) is 5.32 Å². The van der Waals surface area contributed by atoms with Gasteiger partial charge in [0, 0.05) is 31.9 Å². The van der Waals surface area contributed by atoms with Gasteiger partial charge in [0.25, 0.3) is 0 Å². The SMILES string of the molecule is COCC(N)C(=O)N1CCCC(Nc2ccccc2)C1. The molecule has 1 amide bonds. The summed E-state index contributed by atoms with van der Waals surface area (Å²) < 4.78 is 4.95. The number of nitrogens with one attached hydrogen (secondary N) is 1. The van der Waals surface area contributed by atoms with E-state index < -0.39 is 6.04 Å². The highest BCUT2D eigenvalue weighted by Crippen LogP contribution is 2.16. The highest BCUT2D eigenvalue weighted by atomic mass is 16.5. The first-order valence-electron chi connectivity index (χ1n) is 7.05. The third kappa shape index (κ3) is 3.95. The molecule has 20 heavy (non-hydrogen) atoms. The van der Waals surface area contributed by atoms with Gasteiger partial charge in [0.05, 0.1) is 6.61 Å². The number of likely N-dealkylation sites (tertiary alicyclic amines) is 1. The minimum absolute atomic E-state index is 0.0218. The van der Waals surface area contributed by atoms with Crippen molar-refractivity contribution < 1.29 is 9.53 Å². The molecule has 0 saturated carbocycles. The molecular weight excluding hydrogens is 254 g/mol. The normalized spacial score (nSPS) is 20.5. The second-order valence-corrected chi connectivity index (χ2v) is 5.20. The largest absolute Gasteiger partial charge is 0.383 e. The van der Waals surface area contributed by atoms with Crippen molar-refractivity contribution in [1.82, 2.24) is 4.90 Å². The van der Waals surface area contributed by atoms with Crippen LogP contribution in [-0.4, -0.2) is 49.7 Å². The van der Waals surface area contributed by atoms with Gasteiger partial charge in [0.15, 0.2) is 0 Å². The number of methoxy groups -OCH3 is 1. The lowest BCUT2D eigenvalue weighted by atomic mass is 10.0. The summed E-state index contributed by atoms with van der Waals surface area (Å²) in [4.78, 5) is 14.0. The van der Waals surface area contributed by atoms with Gasteiger partial charge in [-0.05, 0) is 25.0 Å². The second-order valence-electron chi connectivity index (χ2n) is 5.20. The number of ether oxygens (including phenoxy) is 1. The summed E-state index contributed by atoms with van der Waals surface area (Å²) in [5.74, 6) is -0.0218. The van der Waals surface area contributed by atoms with Crippen molar-refractivity contribution in [2.75, 3.05) is 32.1 Å². The van der Waals surface area contributed by atoms with Gasteiger partial charge in [0.1, 0.15) is 6.04 Å². The fourth-order valence-corrected chi connectivity index (χ4v) is 2.55. The fourth-order valence-electron chi connectivity index (χ4n) is 2.55. The van der Waals surface area contributed by atoms with Crippen LogP contribution in [0.4, 0.5) is 5.69 Å². The number of carbonyl (C=O) groups excluding carboxylic acids is 1. The van der Waals surface area contributed by atoms with Crippen LogP contribution in [0.2, 0.25) is 0 Å². The quantitative estimate of drug-likeness (QED) is 0.844. The summed E-state index contributed by atoms with van der Waals surface area (Å²) in [6, 6.07) is 9.80. The molecule has 3 N–H and O–H groups in total. The first-order chi connectivity index (χ1) is 9.70. The van der Waals surface area contributed by atoms with Gasteiger partial charge < -0.3 is 20.7 Å². The Morgan fingerprint density at radius 3 is 2.95 bits per heavy atom. The Bertz CT molecular complexity index is 424. The number of para-hydroxylation sites is 1. The van der Waals surface area contributed by atoms with Gasteiger partial charge in [-0.3, -0.25) is 4.79 Å². The van der Waals surface area contributed by atoms with Crippen molar-refractivity contribution in [2.45, 2.75) is 24.9 Å². The summed E-state index contributed by atoms with van der Waals surface area (Å²) in [6.45, 7) is 1.75. The summed E-state index contributed by atoms with van der Waals surface area (Å²) in [5, 5.41) is 3.47. The molecule has 1 aliphatic heterocycles. The van der Waals surface area contributed by atoms with Crippen LogP contribution >= 0.6 is 0 Å². The van der Waals surface area contributed by atoms with Gasteiger partial charge >= 0.3 is 0 Å². The summed E-state index contributed by atoms with van der Waals surface area (Å²) in [6.07, 6.45) is 2.06. The van der Waals surface area contributed by atoms with Crippen LogP contribution in [0.5, 0.6) is 0 Å². The molecule has 2 unspecified atom stereocenters. The molecule has 0 bridgehead atoms. The van der Waals surface area contributed by atoms with Gasteiger partial charge in [-0.2, -0.15) is 0 Å². The standard InChI is InChI=1S/C15H23N3O2/c1-20-11-14(16)15(19)18-9-5-8-13(10-18)17-12-6-3-2-4-7-12/h2-4,6-7,13-14,17H,5,8-11,16H2,1H3.